The molecular weight excluding hydrogens is 492 g/mol. The molecule has 1 unspecified atom stereocenters. The Bertz CT molecular complexity index is 1270. The molecule has 7 heteroatoms. The number of ether oxygens (including phenoxy) is 3. The predicted octanol–water partition coefficient (Wildman–Crippen LogP) is 4.60. The maximum Gasteiger partial charge on any atom is 0.251 e. The zero-order valence-electron chi connectivity index (χ0n) is 21.8. The van der Waals surface area contributed by atoms with Crippen LogP contribution < -0.4 is 24.8 Å². The highest BCUT2D eigenvalue weighted by Crippen LogP contribution is 2.30. The van der Waals surface area contributed by atoms with E-state index in [4.69, 9.17) is 14.2 Å². The van der Waals surface area contributed by atoms with Crippen LogP contribution in [-0.4, -0.2) is 43.4 Å². The molecule has 1 amide bonds. The summed E-state index contributed by atoms with van der Waals surface area (Å²) >= 11 is 0. The van der Waals surface area contributed by atoms with Crippen molar-refractivity contribution in [3.8, 4) is 17.2 Å². The van der Waals surface area contributed by atoms with Crippen molar-refractivity contribution in [1.29, 1.82) is 0 Å². The SMILES string of the molecule is O=C(NCCNCC(O)COc1ccccc1)c1ccc(OCc2ccccc2)c(OCc2ccccc2)c1. The predicted molar refractivity (Wildman–Crippen MR) is 151 cm³/mol. The molecule has 0 aromatic heterocycles. The van der Waals surface area contributed by atoms with Crippen molar-refractivity contribution in [1.82, 2.24) is 10.6 Å². The molecule has 0 aliphatic heterocycles. The average molecular weight is 527 g/mol. The number of carbonyl (C=O) groups excluding carboxylic acids is 1. The summed E-state index contributed by atoms with van der Waals surface area (Å²) in [4.78, 5) is 12.8. The number of nitrogens with one attached hydrogen (secondary N) is 2. The highest BCUT2D eigenvalue weighted by Gasteiger charge is 2.13. The van der Waals surface area contributed by atoms with Crippen LogP contribution in [0.3, 0.4) is 0 Å². The van der Waals surface area contributed by atoms with Gasteiger partial charge in [-0.1, -0.05) is 78.9 Å². The van der Waals surface area contributed by atoms with E-state index in [0.29, 0.717) is 55.7 Å². The van der Waals surface area contributed by atoms with Crippen LogP contribution in [0.5, 0.6) is 17.2 Å². The average Bonchev–Trinajstić information content (AvgIpc) is 2.99. The molecular formula is C32H34N2O5. The molecule has 0 aliphatic rings. The second-order valence-corrected chi connectivity index (χ2v) is 8.95. The molecule has 0 fully saturated rings. The molecule has 7 nitrogen and oxygen atoms in total. The van der Waals surface area contributed by atoms with Crippen molar-refractivity contribution in [2.45, 2.75) is 19.3 Å². The van der Waals surface area contributed by atoms with Gasteiger partial charge < -0.3 is 30.0 Å². The first kappa shape index (κ1) is 27.7. The molecule has 0 radical (unpaired) electrons. The van der Waals surface area contributed by atoms with Gasteiger partial charge >= 0.3 is 0 Å². The fourth-order valence-electron chi connectivity index (χ4n) is 3.76. The molecule has 0 bridgehead atoms. The Kier molecular flexibility index (Phi) is 10.8. The Morgan fingerprint density at radius 3 is 1.92 bits per heavy atom. The van der Waals surface area contributed by atoms with Gasteiger partial charge in [0.25, 0.3) is 5.91 Å². The monoisotopic (exact) mass is 526 g/mol. The Morgan fingerprint density at radius 2 is 1.28 bits per heavy atom. The Morgan fingerprint density at radius 1 is 0.692 bits per heavy atom. The number of hydrogen-bond donors (Lipinski definition) is 3. The van der Waals surface area contributed by atoms with Gasteiger partial charge in [-0.15, -0.1) is 0 Å². The number of amides is 1. The van der Waals surface area contributed by atoms with Crippen molar-refractivity contribution >= 4 is 5.91 Å². The van der Waals surface area contributed by atoms with Crippen LogP contribution in [0, 0.1) is 0 Å². The van der Waals surface area contributed by atoms with Gasteiger partial charge in [0.05, 0.1) is 0 Å². The number of benzene rings is 4. The number of rotatable bonds is 15. The van der Waals surface area contributed by atoms with Crippen molar-refractivity contribution in [3.05, 3.63) is 126 Å². The quantitative estimate of drug-likeness (QED) is 0.196. The smallest absolute Gasteiger partial charge is 0.251 e. The molecule has 0 spiro atoms. The molecule has 0 saturated heterocycles. The molecule has 0 saturated carbocycles. The highest BCUT2D eigenvalue weighted by atomic mass is 16.5. The number of para-hydroxylation sites is 1. The minimum absolute atomic E-state index is 0.188. The van der Waals surface area contributed by atoms with Crippen molar-refractivity contribution < 1.29 is 24.1 Å². The van der Waals surface area contributed by atoms with E-state index in [9.17, 15) is 9.90 Å². The molecule has 3 N–H and O–H groups in total. The van der Waals surface area contributed by atoms with Crippen LogP contribution in [0.25, 0.3) is 0 Å². The molecule has 0 aliphatic carbocycles. The second-order valence-electron chi connectivity index (χ2n) is 8.95. The molecule has 4 aromatic carbocycles. The lowest BCUT2D eigenvalue weighted by Crippen LogP contribution is -2.37. The van der Waals surface area contributed by atoms with E-state index in [2.05, 4.69) is 10.6 Å². The Hall–Kier alpha value is -4.33. The zero-order valence-corrected chi connectivity index (χ0v) is 21.8. The minimum atomic E-state index is -0.659. The topological polar surface area (TPSA) is 89.1 Å². The lowest BCUT2D eigenvalue weighted by atomic mass is 10.1. The molecule has 202 valence electrons. The van der Waals surface area contributed by atoms with E-state index in [1.165, 1.54) is 0 Å². The molecule has 39 heavy (non-hydrogen) atoms. The number of hydrogen-bond acceptors (Lipinski definition) is 6. The fourth-order valence-corrected chi connectivity index (χ4v) is 3.76. The van der Waals surface area contributed by atoms with Crippen LogP contribution >= 0.6 is 0 Å². The lowest BCUT2D eigenvalue weighted by Gasteiger charge is -2.15. The van der Waals surface area contributed by atoms with Crippen LogP contribution in [0.2, 0.25) is 0 Å². The van der Waals surface area contributed by atoms with E-state index in [-0.39, 0.29) is 12.5 Å². The molecule has 1 atom stereocenters. The van der Waals surface area contributed by atoms with Crippen LogP contribution in [0.4, 0.5) is 0 Å². The molecule has 4 rings (SSSR count). The standard InChI is InChI=1S/C32H34N2O5/c35-28(24-37-29-14-8-3-9-15-29)21-33-18-19-34-32(36)27-16-17-30(38-22-25-10-4-1-5-11-25)31(20-27)39-23-26-12-6-2-7-13-26/h1-17,20,28,33,35H,18-19,21-24H2,(H,34,36). The third-order valence-corrected chi connectivity index (χ3v) is 5.83. The first-order valence-corrected chi connectivity index (χ1v) is 13.0. The van der Waals surface area contributed by atoms with Gasteiger partial charge in [-0.2, -0.15) is 0 Å². The summed E-state index contributed by atoms with van der Waals surface area (Å²) in [5.41, 5.74) is 2.53. The lowest BCUT2D eigenvalue weighted by molar-refractivity contribution is 0.0949. The van der Waals surface area contributed by atoms with Gasteiger partial charge in [-0.3, -0.25) is 4.79 Å². The Labute approximate surface area is 229 Å². The summed E-state index contributed by atoms with van der Waals surface area (Å²) in [6.45, 7) is 2.19. The van der Waals surface area contributed by atoms with E-state index in [1.807, 2.05) is 91.0 Å². The number of carbonyl (C=O) groups is 1. The number of aliphatic hydroxyl groups excluding tert-OH is 1. The summed E-state index contributed by atoms with van der Waals surface area (Å²) < 4.78 is 17.6. The van der Waals surface area contributed by atoms with Crippen molar-refractivity contribution in [2.24, 2.45) is 0 Å². The van der Waals surface area contributed by atoms with E-state index < -0.39 is 6.10 Å². The summed E-state index contributed by atoms with van der Waals surface area (Å²) in [5.74, 6) is 1.57. The first-order valence-electron chi connectivity index (χ1n) is 13.0. The van der Waals surface area contributed by atoms with E-state index in [1.54, 1.807) is 18.2 Å². The van der Waals surface area contributed by atoms with Gasteiger partial charge in [-0.25, -0.2) is 0 Å². The van der Waals surface area contributed by atoms with Gasteiger partial charge in [0, 0.05) is 25.2 Å². The summed E-state index contributed by atoms with van der Waals surface area (Å²) in [6.07, 6.45) is -0.659. The van der Waals surface area contributed by atoms with Crippen LogP contribution in [0.15, 0.2) is 109 Å². The summed E-state index contributed by atoms with van der Waals surface area (Å²) in [6, 6.07) is 34.3. The van der Waals surface area contributed by atoms with Crippen molar-refractivity contribution in [3.63, 3.8) is 0 Å². The van der Waals surface area contributed by atoms with Gasteiger partial charge in [0.1, 0.15) is 31.7 Å². The Balaban J connectivity index is 1.26. The van der Waals surface area contributed by atoms with Crippen molar-refractivity contribution in [2.75, 3.05) is 26.2 Å². The maximum absolute atomic E-state index is 12.8. The maximum atomic E-state index is 12.8. The first-order chi connectivity index (χ1) is 19.2. The summed E-state index contributed by atoms with van der Waals surface area (Å²) in [7, 11) is 0. The third kappa shape index (κ3) is 9.48. The van der Waals surface area contributed by atoms with Crippen LogP contribution in [0.1, 0.15) is 21.5 Å². The third-order valence-electron chi connectivity index (χ3n) is 5.83. The van der Waals surface area contributed by atoms with Crippen LogP contribution in [-0.2, 0) is 13.2 Å². The van der Waals surface area contributed by atoms with Gasteiger partial charge in [-0.05, 0) is 41.5 Å². The molecule has 4 aromatic rings. The fraction of sp³-hybridized carbons (Fsp3) is 0.219. The molecule has 0 heterocycles. The highest BCUT2D eigenvalue weighted by molar-refractivity contribution is 5.94. The minimum Gasteiger partial charge on any atom is -0.491 e. The number of aliphatic hydroxyl groups is 1. The van der Waals surface area contributed by atoms with E-state index >= 15 is 0 Å². The second kappa shape index (κ2) is 15.2. The van der Waals surface area contributed by atoms with E-state index in [0.717, 1.165) is 11.1 Å². The van der Waals surface area contributed by atoms with Gasteiger partial charge in [0.2, 0.25) is 0 Å². The summed E-state index contributed by atoms with van der Waals surface area (Å²) in [5, 5.41) is 16.1. The largest absolute Gasteiger partial charge is 0.491 e. The normalized spacial score (nSPS) is 11.4. The van der Waals surface area contributed by atoms with Gasteiger partial charge in [0.15, 0.2) is 11.5 Å². The zero-order chi connectivity index (χ0) is 27.1.